The van der Waals surface area contributed by atoms with Crippen LogP contribution in [0.25, 0.3) is 33.4 Å². The van der Waals surface area contributed by atoms with E-state index in [-0.39, 0.29) is 24.2 Å². The molecule has 1 aliphatic rings. The molecule has 0 aliphatic heterocycles. The SMILES string of the molecule is CNc1cccc(-c2c(-c3ccc4nn(C)cc4c3)nsc2NC(=O)[C@@H]2C[C@H]2C)n1.Cl. The van der Waals surface area contributed by atoms with Crippen LogP contribution < -0.4 is 10.6 Å². The van der Waals surface area contributed by atoms with Crippen LogP contribution in [0.5, 0.6) is 0 Å². The Kier molecular flexibility index (Phi) is 5.68. The summed E-state index contributed by atoms with van der Waals surface area (Å²) < 4.78 is 6.53. The lowest BCUT2D eigenvalue weighted by atomic mass is 10.0. The van der Waals surface area contributed by atoms with Crippen molar-refractivity contribution in [3.63, 3.8) is 0 Å². The molecule has 3 heterocycles. The van der Waals surface area contributed by atoms with Gasteiger partial charge in [0.05, 0.1) is 22.5 Å². The summed E-state index contributed by atoms with van der Waals surface area (Å²) in [6, 6.07) is 11.9. The molecular formula is C22H23ClN6OS. The van der Waals surface area contributed by atoms with E-state index < -0.39 is 0 Å². The van der Waals surface area contributed by atoms with Crippen molar-refractivity contribution in [3.05, 3.63) is 42.6 Å². The number of halogens is 1. The smallest absolute Gasteiger partial charge is 0.228 e. The van der Waals surface area contributed by atoms with Crippen LogP contribution in [0.2, 0.25) is 0 Å². The van der Waals surface area contributed by atoms with Crippen LogP contribution in [-0.4, -0.2) is 32.1 Å². The van der Waals surface area contributed by atoms with E-state index in [1.807, 2.05) is 50.6 Å². The summed E-state index contributed by atoms with van der Waals surface area (Å²) in [4.78, 5) is 17.4. The normalized spacial score (nSPS) is 17.3. The third-order valence-electron chi connectivity index (χ3n) is 5.53. The number of fused-ring (bicyclic) bond motifs is 1. The first-order valence-electron chi connectivity index (χ1n) is 9.93. The van der Waals surface area contributed by atoms with Crippen LogP contribution in [-0.2, 0) is 11.8 Å². The van der Waals surface area contributed by atoms with Gasteiger partial charge in [-0.25, -0.2) is 4.98 Å². The van der Waals surface area contributed by atoms with Gasteiger partial charge in [-0.2, -0.15) is 9.47 Å². The first kappa shape index (κ1) is 21.3. The standard InChI is InChI=1S/C22H22N6OS.ClH/c1-12-9-15(12)21(29)25-22-19(17-5-4-6-18(23-2)24-17)20(27-30-22)13-7-8-16-14(10-13)11-28(3)26-16;/h4-8,10-12,15H,9H2,1-3H3,(H,23,24)(H,25,29);1H/t12-,15-;/m1./s1. The lowest BCUT2D eigenvalue weighted by Crippen LogP contribution is -2.14. The third-order valence-corrected chi connectivity index (χ3v) is 6.29. The first-order valence-corrected chi connectivity index (χ1v) is 10.7. The Balaban J connectivity index is 0.00000231. The average molecular weight is 455 g/mol. The number of aromatic nitrogens is 4. The molecule has 1 saturated carbocycles. The molecule has 0 radical (unpaired) electrons. The largest absolute Gasteiger partial charge is 0.373 e. The minimum atomic E-state index is 0. The van der Waals surface area contributed by atoms with E-state index >= 15 is 0 Å². The summed E-state index contributed by atoms with van der Waals surface area (Å²) in [6.45, 7) is 2.10. The molecule has 0 bridgehead atoms. The molecule has 1 aliphatic carbocycles. The number of hydrogen-bond acceptors (Lipinski definition) is 6. The summed E-state index contributed by atoms with van der Waals surface area (Å²) in [7, 11) is 3.75. The maximum atomic E-state index is 12.6. The quantitative estimate of drug-likeness (QED) is 0.451. The molecular weight excluding hydrogens is 432 g/mol. The summed E-state index contributed by atoms with van der Waals surface area (Å²) in [6.07, 6.45) is 2.93. The lowest BCUT2D eigenvalue weighted by molar-refractivity contribution is -0.117. The van der Waals surface area contributed by atoms with Crippen LogP contribution in [0.4, 0.5) is 10.8 Å². The zero-order valence-electron chi connectivity index (χ0n) is 17.4. The van der Waals surface area contributed by atoms with Crippen molar-refractivity contribution in [2.75, 3.05) is 17.7 Å². The number of rotatable bonds is 5. The second kappa shape index (κ2) is 8.28. The summed E-state index contributed by atoms with van der Waals surface area (Å²) in [5.74, 6) is 1.36. The van der Waals surface area contributed by atoms with Gasteiger partial charge in [0.15, 0.2) is 0 Å². The fourth-order valence-electron chi connectivity index (χ4n) is 3.71. The van der Waals surface area contributed by atoms with Crippen LogP contribution >= 0.6 is 23.9 Å². The summed E-state index contributed by atoms with van der Waals surface area (Å²) in [5, 5.41) is 12.4. The lowest BCUT2D eigenvalue weighted by Gasteiger charge is -2.09. The number of hydrogen-bond donors (Lipinski definition) is 2. The number of aryl methyl sites for hydroxylation is 1. The van der Waals surface area contributed by atoms with E-state index in [4.69, 9.17) is 9.36 Å². The second-order valence-electron chi connectivity index (χ2n) is 7.78. The molecule has 0 spiro atoms. The number of pyridine rings is 1. The molecule has 1 amide bonds. The Hall–Kier alpha value is -2.97. The average Bonchev–Trinajstić information content (AvgIpc) is 3.16. The molecule has 160 valence electrons. The van der Waals surface area contributed by atoms with Crippen molar-refractivity contribution < 1.29 is 4.79 Å². The Labute approximate surface area is 190 Å². The van der Waals surface area contributed by atoms with Gasteiger partial charge in [-0.05, 0) is 48.1 Å². The number of amides is 1. The highest BCUT2D eigenvalue weighted by molar-refractivity contribution is 7.11. The van der Waals surface area contributed by atoms with Gasteiger partial charge in [-0.3, -0.25) is 9.48 Å². The maximum Gasteiger partial charge on any atom is 0.228 e. The van der Waals surface area contributed by atoms with Gasteiger partial charge < -0.3 is 10.6 Å². The molecule has 2 N–H and O–H groups in total. The summed E-state index contributed by atoms with van der Waals surface area (Å²) in [5.41, 5.74) is 4.34. The number of nitrogens with zero attached hydrogens (tertiary/aromatic N) is 4. The van der Waals surface area contributed by atoms with E-state index in [9.17, 15) is 4.79 Å². The molecule has 31 heavy (non-hydrogen) atoms. The number of carbonyl (C=O) groups is 1. The van der Waals surface area contributed by atoms with E-state index in [1.54, 1.807) is 4.68 Å². The van der Waals surface area contributed by atoms with E-state index in [2.05, 4.69) is 28.7 Å². The fraction of sp³-hybridized carbons (Fsp3) is 0.273. The fourth-order valence-corrected chi connectivity index (χ4v) is 4.53. The number of carbonyl (C=O) groups excluding carboxylic acids is 1. The highest BCUT2D eigenvalue weighted by Gasteiger charge is 2.39. The predicted molar refractivity (Wildman–Crippen MR) is 128 cm³/mol. The van der Waals surface area contributed by atoms with Crippen molar-refractivity contribution in [3.8, 4) is 22.5 Å². The van der Waals surface area contributed by atoms with Crippen molar-refractivity contribution in [1.82, 2.24) is 19.1 Å². The highest BCUT2D eigenvalue weighted by atomic mass is 35.5. The van der Waals surface area contributed by atoms with Crippen LogP contribution in [0.3, 0.4) is 0 Å². The molecule has 3 aromatic heterocycles. The van der Waals surface area contributed by atoms with Gasteiger partial charge in [0.2, 0.25) is 5.91 Å². The number of benzene rings is 1. The molecule has 5 rings (SSSR count). The Morgan fingerprint density at radius 2 is 2.06 bits per heavy atom. The molecule has 7 nitrogen and oxygen atoms in total. The molecule has 1 fully saturated rings. The third kappa shape index (κ3) is 4.00. The molecule has 2 atom stereocenters. The molecule has 1 aromatic carbocycles. The van der Waals surface area contributed by atoms with Crippen molar-refractivity contribution in [2.24, 2.45) is 18.9 Å². The molecule has 0 saturated heterocycles. The monoisotopic (exact) mass is 454 g/mol. The van der Waals surface area contributed by atoms with Gasteiger partial charge >= 0.3 is 0 Å². The zero-order chi connectivity index (χ0) is 20.8. The minimum Gasteiger partial charge on any atom is -0.373 e. The first-order chi connectivity index (χ1) is 14.5. The van der Waals surface area contributed by atoms with E-state index in [0.717, 1.165) is 50.7 Å². The van der Waals surface area contributed by atoms with Crippen molar-refractivity contribution in [2.45, 2.75) is 13.3 Å². The van der Waals surface area contributed by atoms with Gasteiger partial charge in [-0.15, -0.1) is 12.4 Å². The van der Waals surface area contributed by atoms with Crippen molar-refractivity contribution >= 4 is 51.6 Å². The predicted octanol–water partition coefficient (Wildman–Crippen LogP) is 4.82. The Bertz CT molecular complexity index is 1270. The highest BCUT2D eigenvalue weighted by Crippen LogP contribution is 2.43. The summed E-state index contributed by atoms with van der Waals surface area (Å²) >= 11 is 1.30. The Morgan fingerprint density at radius 3 is 2.81 bits per heavy atom. The van der Waals surface area contributed by atoms with Gasteiger partial charge in [0.25, 0.3) is 0 Å². The minimum absolute atomic E-state index is 0. The number of nitrogens with one attached hydrogen (secondary N) is 2. The van der Waals surface area contributed by atoms with Crippen molar-refractivity contribution in [1.29, 1.82) is 0 Å². The second-order valence-corrected chi connectivity index (χ2v) is 8.55. The van der Waals surface area contributed by atoms with E-state index in [0.29, 0.717) is 5.92 Å². The maximum absolute atomic E-state index is 12.6. The van der Waals surface area contributed by atoms with Crippen LogP contribution in [0.15, 0.2) is 42.6 Å². The van der Waals surface area contributed by atoms with Crippen LogP contribution in [0.1, 0.15) is 13.3 Å². The van der Waals surface area contributed by atoms with Gasteiger partial charge in [0, 0.05) is 37.2 Å². The zero-order valence-corrected chi connectivity index (χ0v) is 19.0. The number of anilines is 2. The van der Waals surface area contributed by atoms with Crippen LogP contribution in [0, 0.1) is 11.8 Å². The Morgan fingerprint density at radius 1 is 1.26 bits per heavy atom. The van der Waals surface area contributed by atoms with E-state index in [1.165, 1.54) is 11.5 Å². The van der Waals surface area contributed by atoms with Gasteiger partial charge in [-0.1, -0.05) is 19.1 Å². The molecule has 0 unspecified atom stereocenters. The molecule has 9 heteroatoms. The molecule has 4 aromatic rings. The van der Waals surface area contributed by atoms with Gasteiger partial charge in [0.1, 0.15) is 10.8 Å². The topological polar surface area (TPSA) is 84.7 Å².